The average Bonchev–Trinajstić information content (AvgIpc) is 2.97. The number of nitrogens with one attached hydrogen (secondary N) is 3. The number of carbonyl (C=O) groups is 1. The number of hydrogen-bond donors (Lipinski definition) is 3. The van der Waals surface area contributed by atoms with Crippen LogP contribution in [0.3, 0.4) is 0 Å². The highest BCUT2D eigenvalue weighted by Gasteiger charge is 2.08. The van der Waals surface area contributed by atoms with Gasteiger partial charge in [0, 0.05) is 5.69 Å². The Morgan fingerprint density at radius 3 is 2.95 bits per heavy atom. The molecule has 3 N–H and O–H groups in total. The first kappa shape index (κ1) is 13.9. The van der Waals surface area contributed by atoms with Crippen molar-refractivity contribution in [2.45, 2.75) is 6.92 Å². The van der Waals surface area contributed by atoms with Crippen molar-refractivity contribution in [2.75, 3.05) is 17.2 Å². The molecule has 112 valence electrons. The standard InChI is InChI=1S/C16H16N4O2/c1-2-22-15-6-4-3-5-13(15)20-16(21)19-11-7-8-12-14(9-11)18-10-17-12/h3-10H,2H2,1H3,(H,17,18)(H2,19,20,21). The van der Waals surface area contributed by atoms with Crippen LogP contribution in [-0.4, -0.2) is 22.6 Å². The quantitative estimate of drug-likeness (QED) is 0.688. The lowest BCUT2D eigenvalue weighted by Crippen LogP contribution is -2.19. The number of ether oxygens (including phenoxy) is 1. The Kier molecular flexibility index (Phi) is 3.91. The highest BCUT2D eigenvalue weighted by Crippen LogP contribution is 2.24. The van der Waals surface area contributed by atoms with E-state index in [-0.39, 0.29) is 6.03 Å². The molecule has 0 unspecified atom stereocenters. The molecule has 0 saturated heterocycles. The summed E-state index contributed by atoms with van der Waals surface area (Å²) in [6, 6.07) is 12.5. The summed E-state index contributed by atoms with van der Waals surface area (Å²) >= 11 is 0. The van der Waals surface area contributed by atoms with E-state index in [1.54, 1.807) is 18.5 Å². The first-order valence-corrected chi connectivity index (χ1v) is 6.99. The largest absolute Gasteiger partial charge is 0.492 e. The van der Waals surface area contributed by atoms with E-state index in [4.69, 9.17) is 4.74 Å². The van der Waals surface area contributed by atoms with Crippen molar-refractivity contribution in [1.82, 2.24) is 9.97 Å². The third kappa shape index (κ3) is 3.01. The number of hydrogen-bond acceptors (Lipinski definition) is 3. The lowest BCUT2D eigenvalue weighted by atomic mass is 10.2. The molecular weight excluding hydrogens is 280 g/mol. The Morgan fingerprint density at radius 2 is 2.09 bits per heavy atom. The molecule has 0 atom stereocenters. The van der Waals surface area contributed by atoms with Crippen LogP contribution in [0.4, 0.5) is 16.2 Å². The van der Waals surface area contributed by atoms with Crippen LogP contribution < -0.4 is 15.4 Å². The Labute approximate surface area is 127 Å². The third-order valence-corrected chi connectivity index (χ3v) is 3.11. The maximum absolute atomic E-state index is 12.1. The number of para-hydroxylation sites is 2. The third-order valence-electron chi connectivity index (χ3n) is 3.11. The summed E-state index contributed by atoms with van der Waals surface area (Å²) in [6.07, 6.45) is 1.62. The molecule has 0 fully saturated rings. The number of carbonyl (C=O) groups excluding carboxylic acids is 1. The molecule has 0 aliphatic rings. The van der Waals surface area contributed by atoms with Crippen molar-refractivity contribution in [1.29, 1.82) is 0 Å². The second kappa shape index (κ2) is 6.17. The molecule has 6 nitrogen and oxygen atoms in total. The van der Waals surface area contributed by atoms with Crippen molar-refractivity contribution >= 4 is 28.4 Å². The van der Waals surface area contributed by atoms with Crippen LogP contribution >= 0.6 is 0 Å². The summed E-state index contributed by atoms with van der Waals surface area (Å²) in [5.41, 5.74) is 3.03. The van der Waals surface area contributed by atoms with Gasteiger partial charge < -0.3 is 20.4 Å². The van der Waals surface area contributed by atoms with Crippen LogP contribution in [0, 0.1) is 0 Å². The number of rotatable bonds is 4. The van der Waals surface area contributed by atoms with E-state index >= 15 is 0 Å². The average molecular weight is 296 g/mol. The molecule has 0 aliphatic heterocycles. The fourth-order valence-electron chi connectivity index (χ4n) is 2.15. The van der Waals surface area contributed by atoms with Gasteiger partial charge >= 0.3 is 6.03 Å². The molecule has 3 aromatic rings. The van der Waals surface area contributed by atoms with Crippen molar-refractivity contribution in [3.63, 3.8) is 0 Å². The fourth-order valence-corrected chi connectivity index (χ4v) is 2.15. The predicted octanol–water partition coefficient (Wildman–Crippen LogP) is 3.61. The first-order chi connectivity index (χ1) is 10.8. The Balaban J connectivity index is 1.72. The number of aromatic amines is 1. The van der Waals surface area contributed by atoms with Gasteiger partial charge in [0.15, 0.2) is 0 Å². The Morgan fingerprint density at radius 1 is 1.23 bits per heavy atom. The number of amides is 2. The molecule has 22 heavy (non-hydrogen) atoms. The Bertz CT molecular complexity index is 797. The lowest BCUT2D eigenvalue weighted by Gasteiger charge is -2.12. The number of anilines is 2. The summed E-state index contributed by atoms with van der Waals surface area (Å²) in [5.74, 6) is 0.643. The highest BCUT2D eigenvalue weighted by molar-refractivity contribution is 6.01. The minimum atomic E-state index is -0.328. The molecule has 0 radical (unpaired) electrons. The molecule has 6 heteroatoms. The van der Waals surface area contributed by atoms with Crippen LogP contribution in [0.5, 0.6) is 5.75 Å². The molecule has 2 aromatic carbocycles. The van der Waals surface area contributed by atoms with E-state index in [0.717, 1.165) is 11.0 Å². The van der Waals surface area contributed by atoms with E-state index in [9.17, 15) is 4.79 Å². The van der Waals surface area contributed by atoms with Crippen LogP contribution in [0.15, 0.2) is 48.8 Å². The topological polar surface area (TPSA) is 79.0 Å². The van der Waals surface area contributed by atoms with Gasteiger partial charge in [-0.1, -0.05) is 12.1 Å². The molecule has 0 aliphatic carbocycles. The van der Waals surface area contributed by atoms with Crippen molar-refractivity contribution in [3.8, 4) is 5.75 Å². The maximum atomic E-state index is 12.1. The zero-order valence-electron chi connectivity index (χ0n) is 12.1. The van der Waals surface area contributed by atoms with Crippen molar-refractivity contribution < 1.29 is 9.53 Å². The van der Waals surface area contributed by atoms with Gasteiger partial charge in [-0.05, 0) is 37.3 Å². The van der Waals surface area contributed by atoms with Gasteiger partial charge in [0.25, 0.3) is 0 Å². The monoisotopic (exact) mass is 296 g/mol. The minimum absolute atomic E-state index is 0.328. The smallest absolute Gasteiger partial charge is 0.323 e. The van der Waals surface area contributed by atoms with Gasteiger partial charge in [-0.15, -0.1) is 0 Å². The second-order valence-electron chi connectivity index (χ2n) is 4.64. The predicted molar refractivity (Wildman–Crippen MR) is 86.3 cm³/mol. The van der Waals surface area contributed by atoms with Crippen LogP contribution in [0.25, 0.3) is 11.0 Å². The number of imidazole rings is 1. The molecule has 2 amide bonds. The number of fused-ring (bicyclic) bond motifs is 1. The first-order valence-electron chi connectivity index (χ1n) is 6.99. The summed E-state index contributed by atoms with van der Waals surface area (Å²) in [5, 5.41) is 5.57. The molecule has 0 saturated carbocycles. The number of aromatic nitrogens is 2. The van der Waals surface area contributed by atoms with E-state index in [1.807, 2.05) is 37.3 Å². The molecule has 1 heterocycles. The second-order valence-corrected chi connectivity index (χ2v) is 4.64. The van der Waals surface area contributed by atoms with Crippen molar-refractivity contribution in [3.05, 3.63) is 48.8 Å². The summed E-state index contributed by atoms with van der Waals surface area (Å²) < 4.78 is 5.48. The summed E-state index contributed by atoms with van der Waals surface area (Å²) in [7, 11) is 0. The maximum Gasteiger partial charge on any atom is 0.323 e. The van der Waals surface area contributed by atoms with Crippen LogP contribution in [0.2, 0.25) is 0 Å². The fraction of sp³-hybridized carbons (Fsp3) is 0.125. The van der Waals surface area contributed by atoms with Gasteiger partial charge in [0.2, 0.25) is 0 Å². The zero-order chi connectivity index (χ0) is 15.4. The van der Waals surface area contributed by atoms with Gasteiger partial charge in [-0.25, -0.2) is 9.78 Å². The van der Waals surface area contributed by atoms with E-state index in [2.05, 4.69) is 20.6 Å². The summed E-state index contributed by atoms with van der Waals surface area (Å²) in [6.45, 7) is 2.44. The van der Waals surface area contributed by atoms with Crippen molar-refractivity contribution in [2.24, 2.45) is 0 Å². The van der Waals surface area contributed by atoms with Gasteiger partial charge in [0.1, 0.15) is 5.75 Å². The highest BCUT2D eigenvalue weighted by atomic mass is 16.5. The van der Waals surface area contributed by atoms with Crippen LogP contribution in [0.1, 0.15) is 6.92 Å². The number of benzene rings is 2. The molecular formula is C16H16N4O2. The van der Waals surface area contributed by atoms with E-state index < -0.39 is 0 Å². The minimum Gasteiger partial charge on any atom is -0.492 e. The molecule has 3 rings (SSSR count). The van der Waals surface area contributed by atoms with E-state index in [0.29, 0.717) is 23.7 Å². The number of nitrogens with zero attached hydrogens (tertiary/aromatic N) is 1. The molecule has 0 spiro atoms. The SMILES string of the molecule is CCOc1ccccc1NC(=O)Nc1ccc2nc[nH]c2c1. The van der Waals surface area contributed by atoms with Crippen LogP contribution in [-0.2, 0) is 0 Å². The van der Waals surface area contributed by atoms with Gasteiger partial charge in [-0.3, -0.25) is 0 Å². The summed E-state index contributed by atoms with van der Waals surface area (Å²) in [4.78, 5) is 19.3. The Hall–Kier alpha value is -3.02. The number of H-pyrrole nitrogens is 1. The molecule has 1 aromatic heterocycles. The van der Waals surface area contributed by atoms with E-state index in [1.165, 1.54) is 0 Å². The molecule has 0 bridgehead atoms. The van der Waals surface area contributed by atoms with Gasteiger partial charge in [0.05, 0.1) is 29.7 Å². The zero-order valence-corrected chi connectivity index (χ0v) is 12.1. The number of urea groups is 1. The van der Waals surface area contributed by atoms with Gasteiger partial charge in [-0.2, -0.15) is 0 Å². The normalized spacial score (nSPS) is 10.4. The lowest BCUT2D eigenvalue weighted by molar-refractivity contribution is 0.262.